The summed E-state index contributed by atoms with van der Waals surface area (Å²) in [7, 11) is -3.60. The van der Waals surface area contributed by atoms with Gasteiger partial charge in [0.1, 0.15) is 0 Å². The number of amides is 1. The van der Waals surface area contributed by atoms with Gasteiger partial charge in [0.05, 0.1) is 40.6 Å². The Hall–Kier alpha value is -3.05. The molecule has 2 N–H and O–H groups in total. The van der Waals surface area contributed by atoms with E-state index in [1.54, 1.807) is 64.5 Å². The monoisotopic (exact) mass is 503 g/mol. The highest BCUT2D eigenvalue weighted by Gasteiger charge is 2.34. The van der Waals surface area contributed by atoms with Crippen molar-refractivity contribution >= 4 is 38.1 Å². The number of aromatic nitrogens is 3. The molecule has 1 amide bonds. The molecule has 2 aromatic heterocycles. The van der Waals surface area contributed by atoms with Crippen molar-refractivity contribution in [1.82, 2.24) is 15.0 Å². The van der Waals surface area contributed by atoms with Gasteiger partial charge in [0.25, 0.3) is 0 Å². The zero-order valence-corrected chi connectivity index (χ0v) is 21.7. The molecule has 0 radical (unpaired) electrons. The molecule has 9 nitrogen and oxygen atoms in total. The molecule has 0 fully saturated rings. The van der Waals surface area contributed by atoms with E-state index in [-0.39, 0.29) is 11.0 Å². The van der Waals surface area contributed by atoms with E-state index in [1.807, 2.05) is 19.1 Å². The maximum Gasteiger partial charge on any atom is 0.239 e. The normalized spacial score (nSPS) is 12.3. The van der Waals surface area contributed by atoms with Gasteiger partial charge in [-0.15, -0.1) is 11.3 Å². The average Bonchev–Trinajstić information content (AvgIpc) is 3.22. The molecule has 0 aliphatic rings. The number of hydrogen-bond donors (Lipinski definition) is 2. The van der Waals surface area contributed by atoms with Crippen LogP contribution in [0.4, 0.5) is 10.8 Å². The van der Waals surface area contributed by atoms with E-state index >= 15 is 0 Å². The van der Waals surface area contributed by atoms with Crippen LogP contribution in [0.15, 0.2) is 42.0 Å². The molecule has 0 atom stereocenters. The molecule has 3 aromatic rings. The van der Waals surface area contributed by atoms with E-state index in [0.717, 1.165) is 16.9 Å². The third-order valence-electron chi connectivity index (χ3n) is 5.08. The Labute approximate surface area is 204 Å². The third kappa shape index (κ3) is 5.71. The van der Waals surface area contributed by atoms with Crippen LogP contribution in [0.5, 0.6) is 5.88 Å². The van der Waals surface area contributed by atoms with Crippen LogP contribution in [0, 0.1) is 0 Å². The van der Waals surface area contributed by atoms with Gasteiger partial charge in [-0.1, -0.05) is 12.1 Å². The lowest BCUT2D eigenvalue weighted by atomic mass is 9.89. The number of hydrogen-bond acceptors (Lipinski definition) is 8. The highest BCUT2D eigenvalue weighted by Crippen LogP contribution is 2.30. The fourth-order valence-corrected chi connectivity index (χ4v) is 4.53. The van der Waals surface area contributed by atoms with E-state index in [1.165, 1.54) is 0 Å². The molecule has 1 aromatic carbocycles. The summed E-state index contributed by atoms with van der Waals surface area (Å²) in [5.41, 5.74) is 1.59. The van der Waals surface area contributed by atoms with Crippen LogP contribution in [0.2, 0.25) is 0 Å². The Balaban J connectivity index is 1.72. The highest BCUT2D eigenvalue weighted by atomic mass is 32.2. The third-order valence-corrected chi connectivity index (χ3v) is 8.04. The molecule has 3 rings (SSSR count). The maximum atomic E-state index is 13.0. The molecular weight excluding hydrogens is 474 g/mol. The van der Waals surface area contributed by atoms with Gasteiger partial charge < -0.3 is 10.1 Å². The van der Waals surface area contributed by atoms with Crippen LogP contribution in [0.25, 0.3) is 11.3 Å². The Morgan fingerprint density at radius 2 is 1.74 bits per heavy atom. The van der Waals surface area contributed by atoms with Crippen molar-refractivity contribution in [1.29, 1.82) is 0 Å². The lowest BCUT2D eigenvalue weighted by molar-refractivity contribution is -0.120. The van der Waals surface area contributed by atoms with Gasteiger partial charge in [-0.25, -0.2) is 18.4 Å². The predicted molar refractivity (Wildman–Crippen MR) is 135 cm³/mol. The van der Waals surface area contributed by atoms with Crippen molar-refractivity contribution in [3.63, 3.8) is 0 Å². The van der Waals surface area contributed by atoms with Crippen LogP contribution in [-0.4, -0.2) is 40.6 Å². The first-order valence-corrected chi connectivity index (χ1v) is 13.0. The molecule has 0 spiro atoms. The number of carbonyl (C=O) groups is 1. The van der Waals surface area contributed by atoms with Crippen LogP contribution >= 0.6 is 11.3 Å². The van der Waals surface area contributed by atoms with Crippen LogP contribution < -0.4 is 14.8 Å². The fraction of sp³-hybridized carbons (Fsp3) is 0.391. The van der Waals surface area contributed by atoms with Gasteiger partial charge in [0.2, 0.25) is 21.8 Å². The van der Waals surface area contributed by atoms with Crippen molar-refractivity contribution in [2.75, 3.05) is 16.6 Å². The molecule has 0 saturated heterocycles. The first-order chi connectivity index (χ1) is 15.8. The zero-order chi connectivity index (χ0) is 25.1. The second-order valence-electron chi connectivity index (χ2n) is 9.09. The van der Waals surface area contributed by atoms with Gasteiger partial charge >= 0.3 is 0 Å². The van der Waals surface area contributed by atoms with Gasteiger partial charge in [-0.3, -0.25) is 14.5 Å². The first-order valence-electron chi connectivity index (χ1n) is 10.7. The molecule has 0 bridgehead atoms. The number of nitrogens with one attached hydrogen (secondary N) is 2. The Kier molecular flexibility index (Phi) is 7.27. The summed E-state index contributed by atoms with van der Waals surface area (Å²) in [6, 6.07) is 7.24. The lowest BCUT2D eigenvalue weighted by Gasteiger charge is -2.22. The van der Waals surface area contributed by atoms with Crippen molar-refractivity contribution < 1.29 is 17.9 Å². The minimum Gasteiger partial charge on any atom is -0.477 e. The van der Waals surface area contributed by atoms with Crippen molar-refractivity contribution in [3.8, 4) is 17.1 Å². The second kappa shape index (κ2) is 9.67. The molecular formula is C23H29N5O4S2. The topological polar surface area (TPSA) is 123 Å². The van der Waals surface area contributed by atoms with Crippen molar-refractivity contribution in [2.24, 2.45) is 0 Å². The maximum absolute atomic E-state index is 13.0. The van der Waals surface area contributed by atoms with Crippen LogP contribution in [-0.2, 0) is 20.2 Å². The van der Waals surface area contributed by atoms with E-state index in [0.29, 0.717) is 29.6 Å². The van der Waals surface area contributed by atoms with E-state index in [4.69, 9.17) is 4.74 Å². The summed E-state index contributed by atoms with van der Waals surface area (Å²) in [6.45, 7) is 10.7. The molecule has 0 aliphatic carbocycles. The number of nitrogens with zero attached hydrogens (tertiary/aromatic N) is 3. The van der Waals surface area contributed by atoms with E-state index < -0.39 is 20.2 Å². The number of sulfonamides is 1. The van der Waals surface area contributed by atoms with Gasteiger partial charge in [0, 0.05) is 16.6 Å². The first kappa shape index (κ1) is 25.6. The largest absolute Gasteiger partial charge is 0.477 e. The molecule has 0 saturated carbocycles. The number of ether oxygens (including phenoxy) is 1. The molecule has 0 unspecified atom stereocenters. The zero-order valence-electron chi connectivity index (χ0n) is 20.0. The molecule has 34 heavy (non-hydrogen) atoms. The molecule has 0 aliphatic heterocycles. The predicted octanol–water partition coefficient (Wildman–Crippen LogP) is 4.46. The average molecular weight is 504 g/mol. The standard InChI is InChI=1S/C23H29N5O4S2/c1-7-32-19-13-24-12-17(26-19)15-8-10-16(11-9-15)25-20(29)23(5,6)18-14-33-21(27-18)28-34(30,31)22(2,3)4/h8-14H,7H2,1-6H3,(H,25,29)(H,27,28). The Morgan fingerprint density at radius 3 is 2.35 bits per heavy atom. The minimum absolute atomic E-state index is 0.227. The van der Waals surface area contributed by atoms with E-state index in [2.05, 4.69) is 25.0 Å². The number of anilines is 2. The summed E-state index contributed by atoms with van der Waals surface area (Å²) >= 11 is 1.14. The molecule has 2 heterocycles. The highest BCUT2D eigenvalue weighted by molar-refractivity contribution is 7.94. The van der Waals surface area contributed by atoms with Crippen molar-refractivity contribution in [2.45, 2.75) is 51.7 Å². The number of thiazole rings is 1. The number of rotatable bonds is 8. The molecule has 11 heteroatoms. The van der Waals surface area contributed by atoms with Gasteiger partial charge in [0.15, 0.2) is 5.13 Å². The quantitative estimate of drug-likeness (QED) is 0.465. The summed E-state index contributed by atoms with van der Waals surface area (Å²) < 4.78 is 31.7. The number of carbonyl (C=O) groups excluding carboxylic acids is 1. The summed E-state index contributed by atoms with van der Waals surface area (Å²) in [5.74, 6) is 0.181. The summed E-state index contributed by atoms with van der Waals surface area (Å²) in [5, 5.41) is 4.81. The van der Waals surface area contributed by atoms with Crippen molar-refractivity contribution in [3.05, 3.63) is 47.7 Å². The van der Waals surface area contributed by atoms with Gasteiger partial charge in [-0.05, 0) is 53.7 Å². The van der Waals surface area contributed by atoms with Crippen LogP contribution in [0.1, 0.15) is 47.2 Å². The summed E-state index contributed by atoms with van der Waals surface area (Å²) in [4.78, 5) is 26.0. The smallest absolute Gasteiger partial charge is 0.239 e. The summed E-state index contributed by atoms with van der Waals surface area (Å²) in [6.07, 6.45) is 3.20. The van der Waals surface area contributed by atoms with Crippen LogP contribution in [0.3, 0.4) is 0 Å². The fourth-order valence-electron chi connectivity index (χ4n) is 2.71. The lowest BCUT2D eigenvalue weighted by Crippen LogP contribution is -2.35. The Morgan fingerprint density at radius 1 is 1.06 bits per heavy atom. The van der Waals surface area contributed by atoms with E-state index in [9.17, 15) is 13.2 Å². The molecule has 182 valence electrons. The second-order valence-corrected chi connectivity index (χ2v) is 12.4. The minimum atomic E-state index is -3.60. The van der Waals surface area contributed by atoms with Gasteiger partial charge in [-0.2, -0.15) is 0 Å². The SMILES string of the molecule is CCOc1cncc(-c2ccc(NC(=O)C(C)(C)c3csc(NS(=O)(=O)C(C)(C)C)n3)cc2)n1. The number of benzene rings is 1. The Bertz CT molecular complexity index is 1260.